The van der Waals surface area contributed by atoms with E-state index in [2.05, 4.69) is 24.1 Å². The first-order valence-electron chi connectivity index (χ1n) is 7.19. The molecule has 4 nitrogen and oxygen atoms in total. The van der Waals surface area contributed by atoms with Gasteiger partial charge in [-0.1, -0.05) is 24.9 Å². The van der Waals surface area contributed by atoms with Crippen molar-refractivity contribution in [3.8, 4) is 0 Å². The lowest BCUT2D eigenvalue weighted by atomic mass is 10.1. The number of unbranched alkanes of at least 4 members (excludes halogenated alkanes) is 1. The summed E-state index contributed by atoms with van der Waals surface area (Å²) in [6, 6.07) is 2.04. The molecule has 0 spiro atoms. The normalized spacial score (nSPS) is 13.8. The summed E-state index contributed by atoms with van der Waals surface area (Å²) in [5.74, 6) is 0. The summed E-state index contributed by atoms with van der Waals surface area (Å²) in [5.41, 5.74) is 2.77. The first-order chi connectivity index (χ1) is 9.54. The molecule has 0 amide bonds. The number of rotatable bonds is 8. The first kappa shape index (κ1) is 16.9. The van der Waals surface area contributed by atoms with Gasteiger partial charge in [0.1, 0.15) is 12.2 Å². The maximum absolute atomic E-state index is 11.2. The van der Waals surface area contributed by atoms with Gasteiger partial charge in [-0.25, -0.2) is 4.98 Å². The number of carbonyl (C=O) groups excluding carboxylic acids is 1. The number of pyridine rings is 1. The average molecular weight is 299 g/mol. The van der Waals surface area contributed by atoms with E-state index in [9.17, 15) is 4.79 Å². The van der Waals surface area contributed by atoms with Gasteiger partial charge in [0, 0.05) is 18.8 Å². The van der Waals surface area contributed by atoms with Gasteiger partial charge in [-0.2, -0.15) is 0 Å². The van der Waals surface area contributed by atoms with E-state index in [4.69, 9.17) is 11.6 Å². The molecule has 0 aliphatic carbocycles. The molecular weight excluding hydrogens is 274 g/mol. The molecule has 0 aromatic carbocycles. The Morgan fingerprint density at radius 2 is 2.15 bits per heavy atom. The highest BCUT2D eigenvalue weighted by Crippen LogP contribution is 2.36. The van der Waals surface area contributed by atoms with Crippen LogP contribution in [-0.2, 0) is 4.79 Å². The fourth-order valence-electron chi connectivity index (χ4n) is 2.60. The summed E-state index contributed by atoms with van der Waals surface area (Å²) >= 11 is 6.26. The molecular formula is C15H25ClN3O+. The third-order valence-electron chi connectivity index (χ3n) is 3.81. The summed E-state index contributed by atoms with van der Waals surface area (Å²) in [7, 11) is 1.84. The SMILES string of the molecule is CCCC[N+](CC)(CC=O)c1cc(C)nc(Cl)c1NC. The van der Waals surface area contributed by atoms with Crippen LogP contribution in [0.15, 0.2) is 6.07 Å². The molecule has 1 aromatic heterocycles. The molecule has 1 unspecified atom stereocenters. The Labute approximate surface area is 126 Å². The van der Waals surface area contributed by atoms with Crippen LogP contribution < -0.4 is 9.80 Å². The highest BCUT2D eigenvalue weighted by atomic mass is 35.5. The summed E-state index contributed by atoms with van der Waals surface area (Å²) in [4.78, 5) is 15.5. The van der Waals surface area contributed by atoms with E-state index in [1.165, 1.54) is 0 Å². The van der Waals surface area contributed by atoms with Crippen molar-refractivity contribution in [2.75, 3.05) is 32.0 Å². The van der Waals surface area contributed by atoms with E-state index in [1.807, 2.05) is 20.0 Å². The molecule has 1 heterocycles. The van der Waals surface area contributed by atoms with E-state index in [0.29, 0.717) is 16.2 Å². The molecule has 1 atom stereocenters. The van der Waals surface area contributed by atoms with Crippen molar-refractivity contribution in [1.82, 2.24) is 9.47 Å². The number of nitrogens with one attached hydrogen (secondary N) is 1. The zero-order valence-electron chi connectivity index (χ0n) is 12.9. The lowest BCUT2D eigenvalue weighted by Gasteiger charge is -2.37. The first-order valence-corrected chi connectivity index (χ1v) is 7.57. The Bertz CT molecular complexity index is 465. The molecule has 5 heteroatoms. The quantitative estimate of drug-likeness (QED) is 0.454. The third kappa shape index (κ3) is 3.49. The predicted molar refractivity (Wildman–Crippen MR) is 86.6 cm³/mol. The third-order valence-corrected chi connectivity index (χ3v) is 4.09. The Hall–Kier alpha value is -1.13. The molecule has 20 heavy (non-hydrogen) atoms. The number of aldehydes is 1. The fraction of sp³-hybridized carbons (Fsp3) is 0.600. The molecule has 0 aliphatic rings. The van der Waals surface area contributed by atoms with Crippen LogP contribution in [0.2, 0.25) is 5.15 Å². The Morgan fingerprint density at radius 3 is 2.65 bits per heavy atom. The standard InChI is InChI=1S/C15H25ClN3O/c1-5-7-8-19(6-2,9-10-20)13-11-12(3)18-15(16)14(13)17-4/h10-11,17H,5-9H2,1-4H3/q+1. The monoisotopic (exact) mass is 298 g/mol. The number of aryl methyl sites for hydroxylation is 1. The van der Waals surface area contributed by atoms with Gasteiger partial charge >= 0.3 is 0 Å². The second kappa shape index (κ2) is 7.60. The number of hydrogen-bond acceptors (Lipinski definition) is 3. The number of aromatic nitrogens is 1. The van der Waals surface area contributed by atoms with Crippen LogP contribution in [0.4, 0.5) is 11.4 Å². The van der Waals surface area contributed by atoms with Gasteiger partial charge in [0.15, 0.2) is 17.1 Å². The Balaban J connectivity index is 3.41. The van der Waals surface area contributed by atoms with Crippen LogP contribution in [0.25, 0.3) is 0 Å². The van der Waals surface area contributed by atoms with Crippen LogP contribution in [0, 0.1) is 6.92 Å². The van der Waals surface area contributed by atoms with E-state index in [1.54, 1.807) is 0 Å². The second-order valence-electron chi connectivity index (χ2n) is 5.09. The van der Waals surface area contributed by atoms with Crippen molar-refractivity contribution >= 4 is 29.3 Å². The van der Waals surface area contributed by atoms with Gasteiger partial charge in [-0.3, -0.25) is 9.28 Å². The molecule has 1 aromatic rings. The molecule has 0 fully saturated rings. The Kier molecular flexibility index (Phi) is 6.43. The van der Waals surface area contributed by atoms with Crippen molar-refractivity contribution in [3.63, 3.8) is 0 Å². The van der Waals surface area contributed by atoms with E-state index in [0.717, 1.165) is 49.3 Å². The van der Waals surface area contributed by atoms with E-state index < -0.39 is 0 Å². The molecule has 0 bridgehead atoms. The maximum atomic E-state index is 11.2. The van der Waals surface area contributed by atoms with Crippen LogP contribution in [0.5, 0.6) is 0 Å². The minimum atomic E-state index is 0.463. The predicted octanol–water partition coefficient (Wildman–Crippen LogP) is 3.41. The van der Waals surface area contributed by atoms with E-state index >= 15 is 0 Å². The van der Waals surface area contributed by atoms with Crippen LogP contribution in [-0.4, -0.2) is 38.0 Å². The van der Waals surface area contributed by atoms with Crippen LogP contribution in [0.3, 0.4) is 0 Å². The minimum absolute atomic E-state index is 0.463. The van der Waals surface area contributed by atoms with Gasteiger partial charge < -0.3 is 5.32 Å². The number of quaternary nitrogens is 1. The Morgan fingerprint density at radius 1 is 1.45 bits per heavy atom. The van der Waals surface area contributed by atoms with Crippen molar-refractivity contribution in [2.24, 2.45) is 0 Å². The maximum Gasteiger partial charge on any atom is 0.174 e. The van der Waals surface area contributed by atoms with Gasteiger partial charge in [0.2, 0.25) is 0 Å². The van der Waals surface area contributed by atoms with Gasteiger partial charge in [0.05, 0.1) is 13.1 Å². The van der Waals surface area contributed by atoms with Crippen molar-refractivity contribution in [1.29, 1.82) is 0 Å². The highest BCUT2D eigenvalue weighted by Gasteiger charge is 2.32. The van der Waals surface area contributed by atoms with Gasteiger partial charge in [-0.15, -0.1) is 0 Å². The molecule has 112 valence electrons. The van der Waals surface area contributed by atoms with Crippen molar-refractivity contribution in [2.45, 2.75) is 33.6 Å². The molecule has 0 saturated carbocycles. The van der Waals surface area contributed by atoms with E-state index in [-0.39, 0.29) is 0 Å². The smallest absolute Gasteiger partial charge is 0.174 e. The lowest BCUT2D eigenvalue weighted by molar-refractivity contribution is -0.108. The van der Waals surface area contributed by atoms with Gasteiger partial charge in [0.25, 0.3) is 0 Å². The number of anilines is 1. The van der Waals surface area contributed by atoms with Crippen molar-refractivity contribution in [3.05, 3.63) is 16.9 Å². The summed E-state index contributed by atoms with van der Waals surface area (Å²) in [5, 5.41) is 3.61. The average Bonchev–Trinajstić information content (AvgIpc) is 2.43. The minimum Gasteiger partial charge on any atom is -0.381 e. The number of carbonyl (C=O) groups is 1. The molecule has 0 saturated heterocycles. The zero-order valence-corrected chi connectivity index (χ0v) is 13.6. The molecule has 1 N–H and O–H groups in total. The molecule has 0 aliphatic heterocycles. The van der Waals surface area contributed by atoms with Crippen LogP contribution >= 0.6 is 11.6 Å². The molecule has 1 rings (SSSR count). The molecule has 0 radical (unpaired) electrons. The fourth-order valence-corrected chi connectivity index (χ4v) is 2.92. The number of hydrogen-bond donors (Lipinski definition) is 1. The largest absolute Gasteiger partial charge is 0.381 e. The summed E-state index contributed by atoms with van der Waals surface area (Å²) in [6.07, 6.45) is 3.18. The topological polar surface area (TPSA) is 42.0 Å². The zero-order chi connectivity index (χ0) is 15.2. The van der Waals surface area contributed by atoms with Gasteiger partial charge in [-0.05, 0) is 20.3 Å². The number of likely N-dealkylation sites (N-methyl/N-ethyl adjacent to an activating group) is 1. The van der Waals surface area contributed by atoms with Crippen LogP contribution in [0.1, 0.15) is 32.4 Å². The highest BCUT2D eigenvalue weighted by molar-refractivity contribution is 6.32. The number of nitrogens with zero attached hydrogens (tertiary/aromatic N) is 2. The second-order valence-corrected chi connectivity index (χ2v) is 5.44. The summed E-state index contributed by atoms with van der Waals surface area (Å²) < 4.78 is 0.622. The summed E-state index contributed by atoms with van der Waals surface area (Å²) in [6.45, 7) is 8.45. The number of halogens is 1. The lowest BCUT2D eigenvalue weighted by Crippen LogP contribution is -2.51. The van der Waals surface area contributed by atoms with Crippen molar-refractivity contribution < 1.29 is 4.79 Å².